The van der Waals surface area contributed by atoms with Gasteiger partial charge in [0, 0.05) is 17.3 Å². The average molecular weight is 352 g/mol. The summed E-state index contributed by atoms with van der Waals surface area (Å²) >= 11 is 0. The van der Waals surface area contributed by atoms with Crippen LogP contribution in [0.3, 0.4) is 0 Å². The number of nitrogens with one attached hydrogen (secondary N) is 2. The van der Waals surface area contributed by atoms with Crippen LogP contribution in [0.25, 0.3) is 0 Å². The van der Waals surface area contributed by atoms with Crippen molar-refractivity contribution in [1.29, 1.82) is 0 Å². The first-order chi connectivity index (χ1) is 12.4. The third-order valence-corrected chi connectivity index (χ3v) is 4.47. The highest BCUT2D eigenvalue weighted by Crippen LogP contribution is 2.22. The zero-order chi connectivity index (χ0) is 19.1. The lowest BCUT2D eigenvalue weighted by Crippen LogP contribution is -2.33. The molecule has 1 atom stereocenters. The molecule has 4 heteroatoms. The van der Waals surface area contributed by atoms with Gasteiger partial charge >= 0.3 is 0 Å². The lowest BCUT2D eigenvalue weighted by Gasteiger charge is -2.23. The Labute approximate surface area is 156 Å². The van der Waals surface area contributed by atoms with Crippen LogP contribution in [0.1, 0.15) is 55.2 Å². The quantitative estimate of drug-likeness (QED) is 0.693. The monoisotopic (exact) mass is 352 g/mol. The van der Waals surface area contributed by atoms with E-state index in [1.54, 1.807) is 24.3 Å². The second kappa shape index (κ2) is 9.30. The summed E-state index contributed by atoms with van der Waals surface area (Å²) in [6.07, 6.45) is 1.02. The number of benzene rings is 2. The molecule has 138 valence electrons. The maximum Gasteiger partial charge on any atom is 0.238 e. The van der Waals surface area contributed by atoms with E-state index < -0.39 is 0 Å². The van der Waals surface area contributed by atoms with Gasteiger partial charge in [0.1, 0.15) is 0 Å². The van der Waals surface area contributed by atoms with Crippen LogP contribution in [0.5, 0.6) is 0 Å². The Bertz CT molecular complexity index is 734. The summed E-state index contributed by atoms with van der Waals surface area (Å²) < 4.78 is 0. The number of amides is 1. The second-order valence-electron chi connectivity index (χ2n) is 6.88. The van der Waals surface area contributed by atoms with Crippen molar-refractivity contribution in [2.45, 2.75) is 40.2 Å². The molecule has 0 spiro atoms. The molecular formula is C22H28N2O2. The molecular weight excluding hydrogens is 324 g/mol. The second-order valence-corrected chi connectivity index (χ2v) is 6.88. The Kier molecular flexibility index (Phi) is 7.10. The summed E-state index contributed by atoms with van der Waals surface area (Å²) in [6, 6.07) is 15.6. The fourth-order valence-corrected chi connectivity index (χ4v) is 2.90. The van der Waals surface area contributed by atoms with Gasteiger partial charge in [0.15, 0.2) is 5.78 Å². The minimum atomic E-state index is -0.101. The van der Waals surface area contributed by atoms with E-state index in [1.807, 2.05) is 0 Å². The highest BCUT2D eigenvalue weighted by atomic mass is 16.2. The standard InChI is InChI=1S/C22H28N2O2/c1-5-17-6-8-19(9-7-17)22(15(2)3)23-14-21(26)24-20-12-10-18(11-13-20)16(4)25/h6-13,15,22-23H,5,14H2,1-4H3,(H,24,26)/t22-/m1/s1. The Balaban J connectivity index is 1.95. The molecule has 0 saturated heterocycles. The van der Waals surface area contributed by atoms with Gasteiger partial charge < -0.3 is 10.6 Å². The Morgan fingerprint density at radius 2 is 1.58 bits per heavy atom. The van der Waals surface area contributed by atoms with Crippen molar-refractivity contribution in [3.63, 3.8) is 0 Å². The molecule has 2 rings (SSSR count). The van der Waals surface area contributed by atoms with E-state index in [0.717, 1.165) is 6.42 Å². The summed E-state index contributed by atoms with van der Waals surface area (Å²) in [4.78, 5) is 23.5. The van der Waals surface area contributed by atoms with Crippen molar-refractivity contribution >= 4 is 17.4 Å². The fraction of sp³-hybridized carbons (Fsp3) is 0.364. The number of carbonyl (C=O) groups excluding carboxylic acids is 2. The molecule has 1 amide bonds. The van der Waals surface area contributed by atoms with Crippen LogP contribution < -0.4 is 10.6 Å². The molecule has 4 nitrogen and oxygen atoms in total. The smallest absolute Gasteiger partial charge is 0.238 e. The summed E-state index contributed by atoms with van der Waals surface area (Å²) in [7, 11) is 0. The Hall–Kier alpha value is -2.46. The van der Waals surface area contributed by atoms with Gasteiger partial charge in [-0.1, -0.05) is 45.0 Å². The van der Waals surface area contributed by atoms with Crippen LogP contribution in [-0.4, -0.2) is 18.2 Å². The number of Topliss-reactive ketones (excluding diaryl/α,β-unsaturated/α-hetero) is 1. The SMILES string of the molecule is CCc1ccc([C@H](NCC(=O)Nc2ccc(C(C)=O)cc2)C(C)C)cc1. The minimum Gasteiger partial charge on any atom is -0.325 e. The van der Waals surface area contributed by atoms with Crippen molar-refractivity contribution < 1.29 is 9.59 Å². The zero-order valence-electron chi connectivity index (χ0n) is 16.0. The lowest BCUT2D eigenvalue weighted by atomic mass is 9.95. The minimum absolute atomic E-state index is 0.0124. The normalized spacial score (nSPS) is 12.0. The molecule has 0 aliphatic heterocycles. The molecule has 0 radical (unpaired) electrons. The molecule has 0 aliphatic carbocycles. The van der Waals surface area contributed by atoms with Crippen molar-refractivity contribution in [3.05, 3.63) is 65.2 Å². The first-order valence-electron chi connectivity index (χ1n) is 9.13. The predicted molar refractivity (Wildman–Crippen MR) is 106 cm³/mol. The van der Waals surface area contributed by atoms with E-state index in [-0.39, 0.29) is 24.3 Å². The summed E-state index contributed by atoms with van der Waals surface area (Å²) in [5, 5.41) is 6.22. The molecule has 2 aromatic carbocycles. The highest BCUT2D eigenvalue weighted by molar-refractivity contribution is 5.96. The maximum absolute atomic E-state index is 12.2. The van der Waals surface area contributed by atoms with Gasteiger partial charge in [-0.05, 0) is 54.7 Å². The third kappa shape index (κ3) is 5.53. The topological polar surface area (TPSA) is 58.2 Å². The van der Waals surface area contributed by atoms with Gasteiger partial charge in [-0.2, -0.15) is 0 Å². The molecule has 0 aliphatic rings. The molecule has 26 heavy (non-hydrogen) atoms. The van der Waals surface area contributed by atoms with Gasteiger partial charge in [0.2, 0.25) is 5.91 Å². The predicted octanol–water partition coefficient (Wildman–Crippen LogP) is 4.38. The van der Waals surface area contributed by atoms with E-state index in [0.29, 0.717) is 17.2 Å². The average Bonchev–Trinajstić information content (AvgIpc) is 2.62. The first kappa shape index (κ1) is 19.9. The Morgan fingerprint density at radius 1 is 0.962 bits per heavy atom. The molecule has 0 fully saturated rings. The number of rotatable bonds is 8. The Morgan fingerprint density at radius 3 is 2.08 bits per heavy atom. The number of anilines is 1. The van der Waals surface area contributed by atoms with E-state index in [4.69, 9.17) is 0 Å². The number of hydrogen-bond donors (Lipinski definition) is 2. The fourth-order valence-electron chi connectivity index (χ4n) is 2.90. The van der Waals surface area contributed by atoms with Crippen LogP contribution in [-0.2, 0) is 11.2 Å². The van der Waals surface area contributed by atoms with Crippen LogP contribution >= 0.6 is 0 Å². The summed E-state index contributed by atoms with van der Waals surface area (Å²) in [5.74, 6) is 0.278. The molecule has 0 bridgehead atoms. The van der Waals surface area contributed by atoms with Crippen molar-refractivity contribution in [3.8, 4) is 0 Å². The summed E-state index contributed by atoms with van der Waals surface area (Å²) in [5.41, 5.74) is 3.82. The molecule has 0 saturated carbocycles. The van der Waals surface area contributed by atoms with Crippen LogP contribution in [0.2, 0.25) is 0 Å². The van der Waals surface area contributed by atoms with Gasteiger partial charge in [0.25, 0.3) is 0 Å². The van der Waals surface area contributed by atoms with Crippen molar-refractivity contribution in [2.75, 3.05) is 11.9 Å². The highest BCUT2D eigenvalue weighted by Gasteiger charge is 2.16. The van der Waals surface area contributed by atoms with Gasteiger partial charge in [-0.25, -0.2) is 0 Å². The first-order valence-corrected chi connectivity index (χ1v) is 9.13. The number of carbonyl (C=O) groups is 2. The number of hydrogen-bond acceptors (Lipinski definition) is 3. The van der Waals surface area contributed by atoms with Gasteiger partial charge in [-0.3, -0.25) is 9.59 Å². The molecule has 0 aromatic heterocycles. The zero-order valence-corrected chi connectivity index (χ0v) is 16.0. The summed E-state index contributed by atoms with van der Waals surface area (Å²) in [6.45, 7) is 8.18. The number of ketones is 1. The largest absolute Gasteiger partial charge is 0.325 e. The molecule has 0 unspecified atom stereocenters. The van der Waals surface area contributed by atoms with Gasteiger partial charge in [0.05, 0.1) is 6.54 Å². The molecule has 0 heterocycles. The lowest BCUT2D eigenvalue weighted by molar-refractivity contribution is -0.115. The number of aryl methyl sites for hydroxylation is 1. The van der Waals surface area contributed by atoms with Crippen molar-refractivity contribution in [1.82, 2.24) is 5.32 Å². The van der Waals surface area contributed by atoms with Crippen LogP contribution in [0, 0.1) is 5.92 Å². The third-order valence-electron chi connectivity index (χ3n) is 4.47. The van der Waals surface area contributed by atoms with E-state index in [9.17, 15) is 9.59 Å². The van der Waals surface area contributed by atoms with E-state index >= 15 is 0 Å². The van der Waals surface area contributed by atoms with E-state index in [1.165, 1.54) is 18.1 Å². The van der Waals surface area contributed by atoms with Crippen molar-refractivity contribution in [2.24, 2.45) is 5.92 Å². The van der Waals surface area contributed by atoms with Crippen LogP contribution in [0.15, 0.2) is 48.5 Å². The molecule has 2 N–H and O–H groups in total. The van der Waals surface area contributed by atoms with E-state index in [2.05, 4.69) is 55.7 Å². The van der Waals surface area contributed by atoms with Gasteiger partial charge in [-0.15, -0.1) is 0 Å². The van der Waals surface area contributed by atoms with Crippen LogP contribution in [0.4, 0.5) is 5.69 Å². The molecule has 2 aromatic rings. The maximum atomic E-state index is 12.2.